The monoisotopic (exact) mass is 491 g/mol. The van der Waals surface area contributed by atoms with Crippen LogP contribution in [0.15, 0.2) is 24.5 Å². The first kappa shape index (κ1) is 24.2. The second-order valence-electron chi connectivity index (χ2n) is 8.68. The number of carbonyl (C=O) groups is 3. The van der Waals surface area contributed by atoms with E-state index < -0.39 is 17.6 Å². The fourth-order valence-corrected chi connectivity index (χ4v) is 4.75. The zero-order valence-corrected chi connectivity index (χ0v) is 19.3. The van der Waals surface area contributed by atoms with Gasteiger partial charge in [0.15, 0.2) is 5.69 Å². The predicted octanol–water partition coefficient (Wildman–Crippen LogP) is 3.05. The number of nitrogens with two attached hydrogens (primary N) is 1. The van der Waals surface area contributed by atoms with E-state index in [1.807, 2.05) is 0 Å². The first-order valence-corrected chi connectivity index (χ1v) is 11.7. The van der Waals surface area contributed by atoms with E-state index in [1.165, 1.54) is 24.5 Å². The number of primary amides is 1. The molecule has 0 radical (unpaired) electrons. The Hall–Kier alpha value is -2.98. The fourth-order valence-electron chi connectivity index (χ4n) is 4.59. The Kier molecular flexibility index (Phi) is 7.47. The third kappa shape index (κ3) is 5.39. The van der Waals surface area contributed by atoms with Crippen LogP contribution in [-0.4, -0.2) is 46.5 Å². The maximum absolute atomic E-state index is 13.5. The lowest BCUT2D eigenvalue weighted by Gasteiger charge is -2.29. The molecule has 182 valence electrons. The van der Waals surface area contributed by atoms with Crippen molar-refractivity contribution in [2.24, 2.45) is 11.7 Å². The number of nitrogens with zero attached hydrogens (tertiary/aromatic N) is 2. The van der Waals surface area contributed by atoms with Crippen molar-refractivity contribution < 1.29 is 23.5 Å². The van der Waals surface area contributed by atoms with E-state index in [0.717, 1.165) is 12.8 Å². The van der Waals surface area contributed by atoms with Gasteiger partial charge in [0.25, 0.3) is 11.8 Å². The first-order valence-electron chi connectivity index (χ1n) is 11.4. The molecule has 2 aliphatic rings. The highest BCUT2D eigenvalue weighted by Crippen LogP contribution is 2.34. The Balaban J connectivity index is 1.38. The van der Waals surface area contributed by atoms with E-state index in [-0.39, 0.29) is 46.1 Å². The summed E-state index contributed by atoms with van der Waals surface area (Å²) in [5, 5.41) is 5.72. The normalized spacial score (nSPS) is 22.4. The van der Waals surface area contributed by atoms with Crippen LogP contribution in [0.4, 0.5) is 10.1 Å². The average molecular weight is 492 g/mol. The van der Waals surface area contributed by atoms with Gasteiger partial charge in [0.05, 0.1) is 23.1 Å². The van der Waals surface area contributed by atoms with E-state index in [0.29, 0.717) is 38.8 Å². The SMILES string of the molecule is NC(=O)c1c(C(=O)NCC2CCCO2)ncn1C1CCC(C(=O)Nc2cc(F)ccc2Cl)CC1. The maximum atomic E-state index is 13.5. The van der Waals surface area contributed by atoms with Gasteiger partial charge in [-0.25, -0.2) is 9.37 Å². The summed E-state index contributed by atoms with van der Waals surface area (Å²) in [6, 6.07) is 3.67. The molecule has 4 N–H and O–H groups in total. The number of amides is 3. The summed E-state index contributed by atoms with van der Waals surface area (Å²) in [6.45, 7) is 1.02. The molecule has 1 aliphatic heterocycles. The van der Waals surface area contributed by atoms with Gasteiger partial charge in [-0.15, -0.1) is 0 Å². The number of anilines is 1. The largest absolute Gasteiger partial charge is 0.376 e. The highest BCUT2D eigenvalue weighted by molar-refractivity contribution is 6.33. The molecule has 0 spiro atoms. The predicted molar refractivity (Wildman–Crippen MR) is 123 cm³/mol. The maximum Gasteiger partial charge on any atom is 0.272 e. The number of aromatic nitrogens is 2. The van der Waals surface area contributed by atoms with Crippen LogP contribution < -0.4 is 16.4 Å². The third-order valence-electron chi connectivity index (χ3n) is 6.40. The first-order chi connectivity index (χ1) is 16.3. The second kappa shape index (κ2) is 10.5. The van der Waals surface area contributed by atoms with Gasteiger partial charge in [-0.2, -0.15) is 0 Å². The number of carbonyl (C=O) groups excluding carboxylic acids is 3. The van der Waals surface area contributed by atoms with E-state index >= 15 is 0 Å². The van der Waals surface area contributed by atoms with Crippen molar-refractivity contribution in [2.45, 2.75) is 50.7 Å². The van der Waals surface area contributed by atoms with Gasteiger partial charge in [0.1, 0.15) is 11.5 Å². The summed E-state index contributed by atoms with van der Waals surface area (Å²) < 4.78 is 20.6. The molecule has 3 amide bonds. The van der Waals surface area contributed by atoms with Gasteiger partial charge in [-0.05, 0) is 56.7 Å². The number of nitrogens with one attached hydrogen (secondary N) is 2. The van der Waals surface area contributed by atoms with Gasteiger partial charge < -0.3 is 25.7 Å². The Labute approximate surface area is 201 Å². The second-order valence-corrected chi connectivity index (χ2v) is 9.08. The standard InChI is InChI=1S/C23H27ClFN5O4/c24-17-8-5-14(25)10-18(17)29-22(32)13-3-6-15(7-4-13)30-12-28-19(20(30)21(26)31)23(33)27-11-16-2-1-9-34-16/h5,8,10,12-13,15-16H,1-4,6-7,9,11H2,(H2,26,31)(H,27,33)(H,29,32). The smallest absolute Gasteiger partial charge is 0.272 e. The lowest BCUT2D eigenvalue weighted by molar-refractivity contribution is -0.121. The van der Waals surface area contributed by atoms with Gasteiger partial charge in [-0.1, -0.05) is 11.6 Å². The number of ether oxygens (including phenoxy) is 1. The Bertz CT molecular complexity index is 1080. The fraction of sp³-hybridized carbons (Fsp3) is 0.478. The van der Waals surface area contributed by atoms with Crippen LogP contribution >= 0.6 is 11.6 Å². The summed E-state index contributed by atoms with van der Waals surface area (Å²) >= 11 is 6.04. The molecule has 11 heteroatoms. The van der Waals surface area contributed by atoms with Crippen molar-refractivity contribution in [1.82, 2.24) is 14.9 Å². The summed E-state index contributed by atoms with van der Waals surface area (Å²) in [6.07, 6.45) is 5.51. The van der Waals surface area contributed by atoms with Crippen molar-refractivity contribution in [3.63, 3.8) is 0 Å². The number of hydrogen-bond donors (Lipinski definition) is 3. The summed E-state index contributed by atoms with van der Waals surface area (Å²) in [5.74, 6) is -2.22. The molecule has 1 saturated heterocycles. The molecule has 0 bridgehead atoms. The van der Waals surface area contributed by atoms with Crippen LogP contribution in [0.25, 0.3) is 0 Å². The Morgan fingerprint density at radius 3 is 2.65 bits per heavy atom. The zero-order chi connectivity index (χ0) is 24.2. The molecule has 2 aromatic rings. The quantitative estimate of drug-likeness (QED) is 0.548. The molecular weight excluding hydrogens is 465 g/mol. The van der Waals surface area contributed by atoms with E-state index in [2.05, 4.69) is 15.6 Å². The molecule has 1 aromatic carbocycles. The highest BCUT2D eigenvalue weighted by atomic mass is 35.5. The molecule has 1 saturated carbocycles. The summed E-state index contributed by atoms with van der Waals surface area (Å²) in [7, 11) is 0. The molecule has 1 unspecified atom stereocenters. The number of imidazole rings is 1. The van der Waals surface area contributed by atoms with Crippen molar-refractivity contribution in [2.75, 3.05) is 18.5 Å². The minimum absolute atomic E-state index is 0.00823. The van der Waals surface area contributed by atoms with Crippen molar-refractivity contribution in [1.29, 1.82) is 0 Å². The average Bonchev–Trinajstić information content (AvgIpc) is 3.50. The van der Waals surface area contributed by atoms with Gasteiger partial charge >= 0.3 is 0 Å². The van der Waals surface area contributed by atoms with Gasteiger partial charge in [0.2, 0.25) is 5.91 Å². The third-order valence-corrected chi connectivity index (χ3v) is 6.73. The molecule has 1 atom stereocenters. The Morgan fingerprint density at radius 2 is 1.97 bits per heavy atom. The molecule has 34 heavy (non-hydrogen) atoms. The lowest BCUT2D eigenvalue weighted by Crippen LogP contribution is -2.34. The lowest BCUT2D eigenvalue weighted by atomic mass is 9.85. The van der Waals surface area contributed by atoms with Crippen LogP contribution in [0.3, 0.4) is 0 Å². The van der Waals surface area contributed by atoms with Crippen molar-refractivity contribution in [3.05, 3.63) is 46.8 Å². The van der Waals surface area contributed by atoms with Crippen LogP contribution in [0.5, 0.6) is 0 Å². The van der Waals surface area contributed by atoms with Gasteiger partial charge in [-0.3, -0.25) is 14.4 Å². The number of hydrogen-bond acceptors (Lipinski definition) is 5. The van der Waals surface area contributed by atoms with Crippen molar-refractivity contribution in [3.8, 4) is 0 Å². The number of halogens is 2. The molecule has 1 aliphatic carbocycles. The topological polar surface area (TPSA) is 128 Å². The molecule has 2 heterocycles. The van der Waals surface area contributed by atoms with E-state index in [9.17, 15) is 18.8 Å². The van der Waals surface area contributed by atoms with E-state index in [1.54, 1.807) is 4.57 Å². The van der Waals surface area contributed by atoms with Crippen LogP contribution in [0.1, 0.15) is 65.5 Å². The number of benzene rings is 1. The van der Waals surface area contributed by atoms with Crippen molar-refractivity contribution >= 4 is 35.0 Å². The molecule has 4 rings (SSSR count). The number of rotatable bonds is 7. The summed E-state index contributed by atoms with van der Waals surface area (Å²) in [4.78, 5) is 41.7. The molecule has 1 aromatic heterocycles. The minimum Gasteiger partial charge on any atom is -0.376 e. The van der Waals surface area contributed by atoms with Crippen LogP contribution in [0, 0.1) is 11.7 Å². The minimum atomic E-state index is -0.736. The Morgan fingerprint density at radius 1 is 1.21 bits per heavy atom. The molecule has 9 nitrogen and oxygen atoms in total. The van der Waals surface area contributed by atoms with Crippen LogP contribution in [0.2, 0.25) is 5.02 Å². The van der Waals surface area contributed by atoms with E-state index in [4.69, 9.17) is 22.1 Å². The molecular formula is C23H27ClFN5O4. The van der Waals surface area contributed by atoms with Gasteiger partial charge in [0, 0.05) is 25.1 Å². The van der Waals surface area contributed by atoms with Crippen LogP contribution in [-0.2, 0) is 9.53 Å². The zero-order valence-electron chi connectivity index (χ0n) is 18.6. The highest BCUT2D eigenvalue weighted by Gasteiger charge is 2.31. The molecule has 2 fully saturated rings. The summed E-state index contributed by atoms with van der Waals surface area (Å²) in [5.41, 5.74) is 5.88.